The lowest BCUT2D eigenvalue weighted by atomic mass is 10.0. The van der Waals surface area contributed by atoms with Crippen LogP contribution in [0.3, 0.4) is 0 Å². The molecule has 3 N–H and O–H groups in total. The van der Waals surface area contributed by atoms with Crippen molar-refractivity contribution in [2.75, 3.05) is 18.1 Å². The Morgan fingerprint density at radius 2 is 2.32 bits per heavy atom. The summed E-state index contributed by atoms with van der Waals surface area (Å²) in [5.41, 5.74) is 2.63. The monoisotopic (exact) mass is 352 g/mol. The van der Waals surface area contributed by atoms with Crippen molar-refractivity contribution in [3.8, 4) is 0 Å². The van der Waals surface area contributed by atoms with Crippen molar-refractivity contribution in [2.45, 2.75) is 18.6 Å². The first-order valence-corrected chi connectivity index (χ1v) is 7.86. The van der Waals surface area contributed by atoms with Gasteiger partial charge in [0.25, 0.3) is 0 Å². The number of ether oxygens (including phenoxy) is 1. The number of nitrogens with one attached hydrogen (secondary N) is 1. The van der Waals surface area contributed by atoms with Gasteiger partial charge >= 0.3 is 0 Å². The Kier molecular flexibility index (Phi) is 5.58. The van der Waals surface area contributed by atoms with E-state index in [0.717, 1.165) is 11.5 Å². The van der Waals surface area contributed by atoms with Crippen LogP contribution in [0, 0.1) is 11.6 Å². The van der Waals surface area contributed by atoms with Gasteiger partial charge in [0.2, 0.25) is 0 Å². The first-order valence-electron chi connectivity index (χ1n) is 5.91. The third-order valence-electron chi connectivity index (χ3n) is 3.07. The molecule has 2 rings (SSSR count). The molecule has 0 bridgehead atoms. The predicted molar refractivity (Wildman–Crippen MR) is 75.9 cm³/mol. The number of hydrogen-bond donors (Lipinski definition) is 2. The molecule has 1 heterocycles. The number of halogens is 3. The van der Waals surface area contributed by atoms with Gasteiger partial charge in [0.15, 0.2) is 0 Å². The fourth-order valence-electron chi connectivity index (χ4n) is 2.01. The molecular weight excluding hydrogens is 338 g/mol. The number of rotatable bonds is 4. The molecule has 1 saturated heterocycles. The Labute approximate surface area is 123 Å². The molecule has 0 amide bonds. The van der Waals surface area contributed by atoms with Gasteiger partial charge in [-0.3, -0.25) is 11.3 Å². The average Bonchev–Trinajstić information content (AvgIpc) is 2.44. The molecule has 1 aliphatic heterocycles. The van der Waals surface area contributed by atoms with Gasteiger partial charge in [0, 0.05) is 17.1 Å². The Morgan fingerprint density at radius 3 is 2.95 bits per heavy atom. The van der Waals surface area contributed by atoms with Crippen molar-refractivity contribution in [2.24, 2.45) is 5.84 Å². The van der Waals surface area contributed by atoms with Gasteiger partial charge < -0.3 is 4.74 Å². The van der Waals surface area contributed by atoms with Crippen LogP contribution in [0.4, 0.5) is 8.78 Å². The molecule has 2 unspecified atom stereocenters. The lowest BCUT2D eigenvalue weighted by molar-refractivity contribution is 0.0467. The van der Waals surface area contributed by atoms with E-state index in [4.69, 9.17) is 10.6 Å². The van der Waals surface area contributed by atoms with E-state index < -0.39 is 11.6 Å². The maximum atomic E-state index is 13.9. The SMILES string of the molecule is NNC(Cc1c(F)ccc(Br)c1F)C1CSCCO1. The Balaban J connectivity index is 2.15. The number of hydrazine groups is 1. The van der Waals surface area contributed by atoms with Crippen molar-refractivity contribution in [3.05, 3.63) is 33.8 Å². The van der Waals surface area contributed by atoms with Crippen LogP contribution in [0.1, 0.15) is 5.56 Å². The molecular formula is C12H15BrF2N2OS. The first-order chi connectivity index (χ1) is 9.13. The van der Waals surface area contributed by atoms with Gasteiger partial charge in [-0.15, -0.1) is 0 Å². The standard InChI is InChI=1S/C12H15BrF2N2OS/c13-8-1-2-9(14)7(12(8)15)5-10(17-16)11-6-19-4-3-18-11/h1-2,10-11,17H,3-6,16H2. The molecule has 1 aliphatic rings. The van der Waals surface area contributed by atoms with Crippen molar-refractivity contribution >= 4 is 27.7 Å². The van der Waals surface area contributed by atoms with Gasteiger partial charge in [-0.2, -0.15) is 11.8 Å². The Bertz CT molecular complexity index is 444. The molecule has 0 aromatic heterocycles. The lowest BCUT2D eigenvalue weighted by Crippen LogP contribution is -2.49. The van der Waals surface area contributed by atoms with Crippen LogP contribution in [0.2, 0.25) is 0 Å². The van der Waals surface area contributed by atoms with Crippen LogP contribution in [0.15, 0.2) is 16.6 Å². The van der Waals surface area contributed by atoms with Crippen LogP contribution >= 0.6 is 27.7 Å². The van der Waals surface area contributed by atoms with E-state index in [1.165, 1.54) is 12.1 Å². The largest absolute Gasteiger partial charge is 0.375 e. The fourth-order valence-corrected chi connectivity index (χ4v) is 3.33. The van der Waals surface area contributed by atoms with Gasteiger partial charge in [-0.1, -0.05) is 0 Å². The van der Waals surface area contributed by atoms with Crippen LogP contribution < -0.4 is 11.3 Å². The van der Waals surface area contributed by atoms with Gasteiger partial charge in [0.05, 0.1) is 23.2 Å². The summed E-state index contributed by atoms with van der Waals surface area (Å²) in [7, 11) is 0. The summed E-state index contributed by atoms with van der Waals surface area (Å²) in [6, 6.07) is 2.28. The normalized spacial score (nSPS) is 21.4. The topological polar surface area (TPSA) is 47.3 Å². The molecule has 1 fully saturated rings. The zero-order valence-corrected chi connectivity index (χ0v) is 12.6. The highest BCUT2D eigenvalue weighted by Gasteiger charge is 2.26. The molecule has 0 spiro atoms. The molecule has 106 valence electrons. The predicted octanol–water partition coefficient (Wildman–Crippen LogP) is 2.23. The maximum absolute atomic E-state index is 13.9. The van der Waals surface area contributed by atoms with Crippen LogP contribution in [0.25, 0.3) is 0 Å². The fraction of sp³-hybridized carbons (Fsp3) is 0.500. The number of nitrogens with two attached hydrogens (primary N) is 1. The van der Waals surface area contributed by atoms with E-state index in [1.807, 2.05) is 0 Å². The highest BCUT2D eigenvalue weighted by molar-refractivity contribution is 9.10. The Morgan fingerprint density at radius 1 is 1.53 bits per heavy atom. The molecule has 0 aliphatic carbocycles. The molecule has 0 radical (unpaired) electrons. The summed E-state index contributed by atoms with van der Waals surface area (Å²) in [5.74, 6) is 6.06. The number of hydrogen-bond acceptors (Lipinski definition) is 4. The van der Waals surface area contributed by atoms with Crippen molar-refractivity contribution < 1.29 is 13.5 Å². The summed E-state index contributed by atoms with van der Waals surface area (Å²) in [6.45, 7) is 0.636. The third-order valence-corrected chi connectivity index (χ3v) is 4.70. The summed E-state index contributed by atoms with van der Waals surface area (Å²) >= 11 is 4.81. The van der Waals surface area contributed by atoms with E-state index in [9.17, 15) is 8.78 Å². The van der Waals surface area contributed by atoms with E-state index >= 15 is 0 Å². The first kappa shape index (κ1) is 15.2. The number of benzene rings is 1. The average molecular weight is 353 g/mol. The van der Waals surface area contributed by atoms with E-state index in [0.29, 0.717) is 6.61 Å². The van der Waals surface area contributed by atoms with Gasteiger partial charge in [-0.05, 0) is 34.5 Å². The minimum absolute atomic E-state index is 0.0245. The molecule has 7 heteroatoms. The number of thioether (sulfide) groups is 1. The van der Waals surface area contributed by atoms with Crippen LogP contribution in [0.5, 0.6) is 0 Å². The summed E-state index contributed by atoms with van der Waals surface area (Å²) in [6.07, 6.45) is 0.0141. The van der Waals surface area contributed by atoms with Gasteiger partial charge in [-0.25, -0.2) is 8.78 Å². The van der Waals surface area contributed by atoms with E-state index in [1.54, 1.807) is 11.8 Å². The molecule has 1 aromatic rings. The second kappa shape index (κ2) is 6.99. The highest BCUT2D eigenvalue weighted by Crippen LogP contribution is 2.25. The molecule has 0 saturated carbocycles. The van der Waals surface area contributed by atoms with Crippen molar-refractivity contribution in [1.82, 2.24) is 5.43 Å². The van der Waals surface area contributed by atoms with E-state index in [-0.39, 0.29) is 28.6 Å². The zero-order valence-electron chi connectivity index (χ0n) is 10.2. The lowest BCUT2D eigenvalue weighted by Gasteiger charge is -2.30. The smallest absolute Gasteiger partial charge is 0.143 e. The highest BCUT2D eigenvalue weighted by atomic mass is 79.9. The molecule has 1 aromatic carbocycles. The van der Waals surface area contributed by atoms with Crippen LogP contribution in [-0.2, 0) is 11.2 Å². The van der Waals surface area contributed by atoms with Crippen LogP contribution in [-0.4, -0.2) is 30.3 Å². The molecule has 3 nitrogen and oxygen atoms in total. The quantitative estimate of drug-likeness (QED) is 0.495. The minimum Gasteiger partial charge on any atom is -0.375 e. The van der Waals surface area contributed by atoms with E-state index in [2.05, 4.69) is 21.4 Å². The zero-order chi connectivity index (χ0) is 13.8. The second-order valence-corrected chi connectivity index (χ2v) is 6.29. The minimum atomic E-state index is -0.580. The summed E-state index contributed by atoms with van der Waals surface area (Å²) < 4.78 is 33.5. The van der Waals surface area contributed by atoms with Crippen molar-refractivity contribution in [1.29, 1.82) is 0 Å². The second-order valence-electron chi connectivity index (χ2n) is 4.28. The van der Waals surface area contributed by atoms with Crippen molar-refractivity contribution in [3.63, 3.8) is 0 Å². The molecule has 2 atom stereocenters. The third kappa shape index (κ3) is 3.66. The van der Waals surface area contributed by atoms with Gasteiger partial charge in [0.1, 0.15) is 11.6 Å². The summed E-state index contributed by atoms with van der Waals surface area (Å²) in [5, 5.41) is 0. The summed E-state index contributed by atoms with van der Waals surface area (Å²) in [4.78, 5) is 0. The maximum Gasteiger partial charge on any atom is 0.143 e. The Hall–Kier alpha value is -0.210. The molecule has 19 heavy (non-hydrogen) atoms.